The number of fused-ring (bicyclic) bond motifs is 2. The second kappa shape index (κ2) is 38.3. The molecule has 0 unspecified atom stereocenters. The first-order valence-corrected chi connectivity index (χ1v) is 33.2. The van der Waals surface area contributed by atoms with Crippen molar-refractivity contribution < 1.29 is 107 Å². The number of aliphatic hydroxyl groups excluding tert-OH is 6. The lowest BCUT2D eigenvalue weighted by Gasteiger charge is -2.50. The van der Waals surface area contributed by atoms with Gasteiger partial charge in [0.2, 0.25) is 0 Å². The summed E-state index contributed by atoms with van der Waals surface area (Å²) in [6, 6.07) is 8.95. The molecule has 5 aliphatic heterocycles. The smallest absolute Gasteiger partial charge is 0.331 e. The Labute approximate surface area is 520 Å². The van der Waals surface area contributed by atoms with Crippen LogP contribution in [0.1, 0.15) is 208 Å². The first-order chi connectivity index (χ1) is 42.4. The molecule has 88 heavy (non-hydrogen) atoms. The van der Waals surface area contributed by atoms with Gasteiger partial charge >= 0.3 is 23.9 Å². The fourth-order valence-corrected chi connectivity index (χ4v) is 11.9. The first-order valence-electron chi connectivity index (χ1n) is 33.2. The number of carbonyl (C=O) groups excluding carboxylic acids is 4. The van der Waals surface area contributed by atoms with E-state index in [4.69, 9.17) is 56.8 Å². The molecule has 6 N–H and O–H groups in total. The Balaban J connectivity index is 1.24. The number of aliphatic hydroxyl groups is 6. The monoisotopic (exact) mass is 1250 g/mol. The summed E-state index contributed by atoms with van der Waals surface area (Å²) >= 11 is 0. The van der Waals surface area contributed by atoms with E-state index >= 15 is 0 Å². The molecule has 0 spiro atoms. The maximum absolute atomic E-state index is 13.8. The third-order valence-corrected chi connectivity index (χ3v) is 17.6. The molecule has 22 atom stereocenters. The number of benzene rings is 1. The third kappa shape index (κ3) is 22.0. The summed E-state index contributed by atoms with van der Waals surface area (Å²) in [7, 11) is 0. The van der Waals surface area contributed by atoms with Crippen molar-refractivity contribution in [1.29, 1.82) is 0 Å². The van der Waals surface area contributed by atoms with Gasteiger partial charge in [0.25, 0.3) is 0 Å². The lowest BCUT2D eigenvalue weighted by Crippen LogP contribution is -2.67. The zero-order chi connectivity index (χ0) is 63.7. The average Bonchev–Trinajstić information content (AvgIpc) is 3.05. The van der Waals surface area contributed by atoms with Crippen LogP contribution in [0.15, 0.2) is 36.4 Å². The van der Waals surface area contributed by atoms with Gasteiger partial charge in [0.05, 0.1) is 36.9 Å². The quantitative estimate of drug-likeness (QED) is 0.0224. The molecule has 1 aromatic carbocycles. The van der Waals surface area contributed by atoms with Gasteiger partial charge in [-0.1, -0.05) is 167 Å². The molecule has 22 nitrogen and oxygen atoms in total. The predicted molar refractivity (Wildman–Crippen MR) is 320 cm³/mol. The van der Waals surface area contributed by atoms with E-state index in [0.29, 0.717) is 37.7 Å². The standard InChI is InChI=1S/C66H106O22/c1-8-11-13-14-15-16-19-22-29-35-47(68)82-55-41(5)77-63(59(52(55)73)84-49(70)38-37-44-31-26-24-27-32-44)86-57-43(7)79-65(61(54(57)75)85-62(76)40(4)10-3)87-56-42(6)78-64-60(53(56)74)83-48(69)36-30-23-20-17-18-21-28-34-45(33-25-12-9-2)80-66-58(88-64)51(72)50(71)46(39-67)81-66/h24,26-27,31-32,37-38,40-43,45-46,50-61,63-67,71-75H,8-23,25,28-30,33-36,39H2,1-7H3/b38-37+/t40-,41-,42-,43-,45-,46+,50+,51-,52+,53+,54+,55-,56-,57-,58+,59+,60+,61+,63-,64-,65-,66+/m0/s1. The molecule has 0 aromatic heterocycles. The van der Waals surface area contributed by atoms with Crippen LogP contribution in [0.25, 0.3) is 6.08 Å². The van der Waals surface area contributed by atoms with Crippen molar-refractivity contribution in [2.45, 2.75) is 331 Å². The molecule has 1 aromatic rings. The highest BCUT2D eigenvalue weighted by Crippen LogP contribution is 2.38. The molecule has 5 saturated heterocycles. The SMILES string of the molecule is CCCCCCCCCCCC(=O)O[C@@H]1[C@@H](O)[C@@H](OC(=O)/C=C/c2ccccc2)[C@H](O[C@@H]2[C@@H](O)[C@@H](OC(=O)[C@@H](C)CC)[C@H](O[C@@H]3[C@@H](O)[C@H]4OC(=O)CCCCCCCCC[C@H](CCCCC)O[C@@H]5O[C@H](CO)[C@@H](O)[C@H](O)[C@H]5O[C@@H]4O[C@H]3C)O[C@H]2C)O[C@H]1C. The highest BCUT2D eigenvalue weighted by molar-refractivity contribution is 5.87. The summed E-state index contributed by atoms with van der Waals surface area (Å²) in [4.78, 5) is 54.5. The van der Waals surface area contributed by atoms with Crippen LogP contribution >= 0.6 is 0 Å². The Morgan fingerprint density at radius 2 is 1.14 bits per heavy atom. The van der Waals surface area contributed by atoms with E-state index in [0.717, 1.165) is 89.5 Å². The van der Waals surface area contributed by atoms with Gasteiger partial charge < -0.3 is 87.5 Å². The third-order valence-electron chi connectivity index (χ3n) is 17.6. The molecule has 22 heteroatoms. The fourth-order valence-electron chi connectivity index (χ4n) is 11.9. The maximum Gasteiger partial charge on any atom is 0.331 e. The second-order valence-electron chi connectivity index (χ2n) is 24.7. The van der Waals surface area contributed by atoms with Crippen LogP contribution in [0.4, 0.5) is 0 Å². The summed E-state index contributed by atoms with van der Waals surface area (Å²) in [6.45, 7) is 11.6. The summed E-state index contributed by atoms with van der Waals surface area (Å²) in [5.41, 5.74) is 0.682. The van der Waals surface area contributed by atoms with Gasteiger partial charge in [-0.3, -0.25) is 14.4 Å². The summed E-state index contributed by atoms with van der Waals surface area (Å²) < 4.78 is 75.0. The Bertz CT molecular complexity index is 2200. The van der Waals surface area contributed by atoms with Gasteiger partial charge in [-0.25, -0.2) is 4.79 Å². The van der Waals surface area contributed by atoms with E-state index < -0.39 is 159 Å². The predicted octanol–water partition coefficient (Wildman–Crippen LogP) is 7.72. The Kier molecular flexibility index (Phi) is 31.9. The lowest BCUT2D eigenvalue weighted by molar-refractivity contribution is -0.389. The van der Waals surface area contributed by atoms with Gasteiger partial charge in [0.15, 0.2) is 49.6 Å². The largest absolute Gasteiger partial charge is 0.457 e. The topological polar surface area (TPSA) is 300 Å². The summed E-state index contributed by atoms with van der Waals surface area (Å²) in [5.74, 6) is -3.60. The average molecular weight is 1250 g/mol. The van der Waals surface area contributed by atoms with Gasteiger partial charge in [0.1, 0.15) is 54.9 Å². The summed E-state index contributed by atoms with van der Waals surface area (Å²) in [5, 5.41) is 70.1. The van der Waals surface area contributed by atoms with E-state index in [-0.39, 0.29) is 18.9 Å². The zero-order valence-corrected chi connectivity index (χ0v) is 53.1. The fraction of sp³-hybridized carbons (Fsp3) is 0.818. The molecule has 0 saturated carbocycles. The number of ether oxygens (including phenoxy) is 12. The Morgan fingerprint density at radius 3 is 1.78 bits per heavy atom. The van der Waals surface area contributed by atoms with Crippen molar-refractivity contribution in [2.24, 2.45) is 5.92 Å². The van der Waals surface area contributed by atoms with Crippen LogP contribution < -0.4 is 0 Å². The van der Waals surface area contributed by atoms with Crippen molar-refractivity contribution in [3.8, 4) is 0 Å². The van der Waals surface area contributed by atoms with Crippen LogP contribution in [0.3, 0.4) is 0 Å². The van der Waals surface area contributed by atoms with Gasteiger partial charge in [0, 0.05) is 18.9 Å². The Hall–Kier alpha value is -3.72. The van der Waals surface area contributed by atoms with E-state index in [1.165, 1.54) is 45.6 Å². The number of carbonyl (C=O) groups is 4. The molecule has 5 heterocycles. The zero-order valence-electron chi connectivity index (χ0n) is 53.1. The molecule has 6 rings (SSSR count). The number of hydrogen-bond acceptors (Lipinski definition) is 22. The minimum absolute atomic E-state index is 0.0190. The molecule has 0 amide bonds. The van der Waals surface area contributed by atoms with Gasteiger partial charge in [-0.15, -0.1) is 0 Å². The molecular formula is C66H106O22. The first kappa shape index (κ1) is 73.3. The number of rotatable bonds is 26. The van der Waals surface area contributed by atoms with Crippen LogP contribution in [0, 0.1) is 5.92 Å². The maximum atomic E-state index is 13.8. The van der Waals surface area contributed by atoms with Crippen LogP contribution in [0.2, 0.25) is 0 Å². The van der Waals surface area contributed by atoms with Crippen molar-refractivity contribution in [3.05, 3.63) is 42.0 Å². The number of unbranched alkanes of at least 4 members (excludes halogenated alkanes) is 10. The van der Waals surface area contributed by atoms with E-state index in [1.54, 1.807) is 45.0 Å². The van der Waals surface area contributed by atoms with Crippen molar-refractivity contribution >= 4 is 30.0 Å². The molecule has 5 aliphatic rings. The second-order valence-corrected chi connectivity index (χ2v) is 24.7. The van der Waals surface area contributed by atoms with Crippen LogP contribution in [-0.4, -0.2) is 190 Å². The van der Waals surface area contributed by atoms with Crippen LogP contribution in [-0.2, 0) is 76.0 Å². The normalized spacial score (nSPS) is 36.0. The molecule has 5 fully saturated rings. The number of esters is 4. The van der Waals surface area contributed by atoms with Gasteiger partial charge in [-0.2, -0.15) is 0 Å². The highest BCUT2D eigenvalue weighted by Gasteiger charge is 2.57. The van der Waals surface area contributed by atoms with Crippen LogP contribution in [0.5, 0.6) is 0 Å². The molecular weight excluding hydrogens is 1140 g/mol. The molecule has 0 aliphatic carbocycles. The molecule has 502 valence electrons. The van der Waals surface area contributed by atoms with Gasteiger partial charge in [-0.05, 0) is 64.5 Å². The highest BCUT2D eigenvalue weighted by atomic mass is 16.8. The minimum atomic E-state index is -1.81. The van der Waals surface area contributed by atoms with E-state index in [1.807, 2.05) is 6.07 Å². The van der Waals surface area contributed by atoms with Crippen molar-refractivity contribution in [1.82, 2.24) is 0 Å². The summed E-state index contributed by atoms with van der Waals surface area (Å²) in [6.07, 6.45) is -8.18. The van der Waals surface area contributed by atoms with E-state index in [9.17, 15) is 49.8 Å². The Morgan fingerprint density at radius 1 is 0.580 bits per heavy atom. The van der Waals surface area contributed by atoms with Crippen molar-refractivity contribution in [3.63, 3.8) is 0 Å². The number of hydrogen-bond donors (Lipinski definition) is 6. The lowest BCUT2D eigenvalue weighted by atomic mass is 9.95. The molecule has 0 radical (unpaired) electrons. The molecule has 0 bridgehead atoms. The van der Waals surface area contributed by atoms with E-state index in [2.05, 4.69) is 13.8 Å². The van der Waals surface area contributed by atoms with Crippen molar-refractivity contribution in [2.75, 3.05) is 6.61 Å². The minimum Gasteiger partial charge on any atom is -0.457 e.